The second-order valence-corrected chi connectivity index (χ2v) is 18.5. The molecule has 5 aliphatic carbocycles. The normalized spacial score (nSPS) is 48.6. The van der Waals surface area contributed by atoms with E-state index >= 15 is 0 Å². The van der Waals surface area contributed by atoms with Crippen LogP contribution in [-0.4, -0.2) is 98.0 Å². The fraction of sp³-hybridized carbons (Fsp3) is 0.947. The third kappa shape index (κ3) is 4.56. The first-order valence-corrected chi connectivity index (χ1v) is 18.8. The van der Waals surface area contributed by atoms with Crippen LogP contribution in [-0.2, 0) is 18.9 Å². The van der Waals surface area contributed by atoms with Crippen LogP contribution >= 0.6 is 0 Å². The average molecular weight is 659 g/mol. The summed E-state index contributed by atoms with van der Waals surface area (Å²) in [6.07, 6.45) is 6.67. The van der Waals surface area contributed by atoms with E-state index in [4.69, 9.17) is 18.9 Å². The molecular formula is C38H62N2O7. The number of fused-ring (bicyclic) bond motifs is 4. The maximum Gasteiger partial charge on any atom is 0.410 e. The molecule has 0 aromatic heterocycles. The first-order chi connectivity index (χ1) is 22.0. The molecule has 2 aliphatic heterocycles. The van der Waals surface area contributed by atoms with Crippen LogP contribution in [0.15, 0.2) is 0 Å². The Morgan fingerprint density at radius 2 is 1.62 bits per heavy atom. The fourth-order valence-electron chi connectivity index (χ4n) is 13.5. The Hall–Kier alpha value is -1.58. The molecule has 0 bridgehead atoms. The summed E-state index contributed by atoms with van der Waals surface area (Å²) in [4.78, 5) is 29.1. The minimum Gasteiger partial charge on any atom is -0.446 e. The van der Waals surface area contributed by atoms with E-state index in [0.29, 0.717) is 44.1 Å². The molecule has 5 saturated carbocycles. The molecule has 0 aromatic carbocycles. The molecule has 7 fully saturated rings. The number of rotatable bonds is 4. The van der Waals surface area contributed by atoms with Crippen molar-refractivity contribution in [1.29, 1.82) is 0 Å². The van der Waals surface area contributed by atoms with Crippen molar-refractivity contribution in [1.82, 2.24) is 9.80 Å². The van der Waals surface area contributed by atoms with Crippen molar-refractivity contribution < 1.29 is 33.6 Å². The Kier molecular flexibility index (Phi) is 8.09. The second kappa shape index (κ2) is 11.2. The molecule has 266 valence electrons. The number of hydrogen-bond acceptors (Lipinski definition) is 7. The number of nitrogens with zero attached hydrogens (tertiary/aromatic N) is 2. The molecule has 7 aliphatic rings. The molecule has 7 rings (SSSR count). The third-order valence-electron chi connectivity index (χ3n) is 15.9. The molecule has 0 radical (unpaired) electrons. The summed E-state index contributed by atoms with van der Waals surface area (Å²) in [7, 11) is 3.43. The van der Waals surface area contributed by atoms with Crippen molar-refractivity contribution in [2.45, 2.75) is 130 Å². The highest BCUT2D eigenvalue weighted by molar-refractivity contribution is 5.68. The number of aliphatic hydroxyl groups is 1. The Morgan fingerprint density at radius 3 is 2.28 bits per heavy atom. The maximum atomic E-state index is 13.2. The topological polar surface area (TPSA) is 97.8 Å². The first kappa shape index (κ1) is 33.9. The molecule has 9 heteroatoms. The van der Waals surface area contributed by atoms with Gasteiger partial charge in [0.2, 0.25) is 0 Å². The van der Waals surface area contributed by atoms with E-state index in [-0.39, 0.29) is 75.5 Å². The number of carbonyl (C=O) groups is 2. The van der Waals surface area contributed by atoms with Crippen LogP contribution in [0.5, 0.6) is 0 Å². The molecule has 13 atom stereocenters. The van der Waals surface area contributed by atoms with E-state index in [1.165, 1.54) is 17.7 Å². The molecule has 9 nitrogen and oxygen atoms in total. The summed E-state index contributed by atoms with van der Waals surface area (Å²) in [5.41, 5.74) is 0.119. The molecule has 1 N–H and O–H groups in total. The van der Waals surface area contributed by atoms with E-state index in [0.717, 1.165) is 38.5 Å². The Morgan fingerprint density at radius 1 is 0.957 bits per heavy atom. The summed E-state index contributed by atoms with van der Waals surface area (Å²) >= 11 is 0. The molecule has 9 unspecified atom stereocenters. The van der Waals surface area contributed by atoms with Crippen molar-refractivity contribution in [3.05, 3.63) is 0 Å². The van der Waals surface area contributed by atoms with Crippen LogP contribution in [0, 0.1) is 56.7 Å². The minimum atomic E-state index is -0.560. The quantitative estimate of drug-likeness (QED) is 0.376. The van der Waals surface area contributed by atoms with Gasteiger partial charge in [-0.25, -0.2) is 9.59 Å². The monoisotopic (exact) mass is 658 g/mol. The first-order valence-electron chi connectivity index (χ1n) is 18.8. The highest BCUT2D eigenvalue weighted by Crippen LogP contribution is 2.89. The highest BCUT2D eigenvalue weighted by Gasteiger charge is 2.84. The van der Waals surface area contributed by atoms with Crippen LogP contribution in [0.3, 0.4) is 0 Å². The van der Waals surface area contributed by atoms with Gasteiger partial charge in [-0.2, -0.15) is 0 Å². The predicted molar refractivity (Wildman–Crippen MR) is 178 cm³/mol. The van der Waals surface area contributed by atoms with Crippen LogP contribution in [0.4, 0.5) is 9.59 Å². The number of amides is 2. The lowest BCUT2D eigenvalue weighted by atomic mass is 9.41. The predicted octanol–water partition coefficient (Wildman–Crippen LogP) is 6.36. The van der Waals surface area contributed by atoms with E-state index in [2.05, 4.69) is 48.5 Å². The zero-order valence-electron chi connectivity index (χ0n) is 30.5. The third-order valence-corrected chi connectivity index (χ3v) is 15.9. The summed E-state index contributed by atoms with van der Waals surface area (Å²) in [6.45, 7) is 18.5. The van der Waals surface area contributed by atoms with Gasteiger partial charge in [0.15, 0.2) is 0 Å². The standard InChI is InChI=1S/C38H62N2O7/c1-22(2)29(47-32(42)39(8)9)24-20-23(3)28-30(45-24)31(41)36(7)26-11-10-25-34(4,5)27(46-33(43)40-16-18-44-19-17-40)12-13-37(25)21-38(26,37)15-14-35(28,36)6/h22-31,41H,10-21H2,1-9H3/t23-,24?,25+,26?,27?,28+,29?,30?,31+,35?,36?,37?,38?/m1/s1. The number of morpholine rings is 1. The summed E-state index contributed by atoms with van der Waals surface area (Å²) in [5.74, 6) is 1.68. The molecule has 47 heavy (non-hydrogen) atoms. The molecule has 2 heterocycles. The Labute approximate surface area is 282 Å². The number of carbonyl (C=O) groups excluding carboxylic acids is 2. The number of hydrogen-bond donors (Lipinski definition) is 1. The van der Waals surface area contributed by atoms with Gasteiger partial charge in [-0.15, -0.1) is 0 Å². The lowest BCUT2D eigenvalue weighted by molar-refractivity contribution is -0.185. The van der Waals surface area contributed by atoms with Gasteiger partial charge in [0.05, 0.1) is 31.5 Å². The SMILES string of the molecule is CC(C)C(OC(=O)N(C)C)C1C[C@@H](C)[C@H]2C(O1)[C@H](O)C1(C)C3CC[C@H]4C(C)(C)C(OC(=O)N5CCOCC5)CCC45CC35CCC21C. The molecular weight excluding hydrogens is 596 g/mol. The highest BCUT2D eigenvalue weighted by atomic mass is 16.6. The van der Waals surface area contributed by atoms with Crippen molar-refractivity contribution >= 4 is 12.2 Å². The average Bonchev–Trinajstić information content (AvgIpc) is 3.65. The van der Waals surface area contributed by atoms with Gasteiger partial charge in [0, 0.05) is 38.0 Å². The van der Waals surface area contributed by atoms with Gasteiger partial charge < -0.3 is 33.9 Å². The summed E-state index contributed by atoms with van der Waals surface area (Å²) in [5, 5.41) is 12.6. The Bertz CT molecular complexity index is 1250. The molecule has 0 aromatic rings. The van der Waals surface area contributed by atoms with Crippen LogP contribution < -0.4 is 0 Å². The second-order valence-electron chi connectivity index (χ2n) is 18.5. The van der Waals surface area contributed by atoms with Crippen LogP contribution in [0.2, 0.25) is 0 Å². The van der Waals surface area contributed by atoms with Crippen molar-refractivity contribution in [3.8, 4) is 0 Å². The van der Waals surface area contributed by atoms with E-state index in [1.54, 1.807) is 14.1 Å². The number of aliphatic hydroxyl groups excluding tert-OH is 1. The van der Waals surface area contributed by atoms with Crippen molar-refractivity contribution in [3.63, 3.8) is 0 Å². The van der Waals surface area contributed by atoms with Crippen molar-refractivity contribution in [2.24, 2.45) is 56.7 Å². The van der Waals surface area contributed by atoms with Gasteiger partial charge in [-0.1, -0.05) is 48.5 Å². The summed E-state index contributed by atoms with van der Waals surface area (Å²) < 4.78 is 24.8. The lowest BCUT2D eigenvalue weighted by Gasteiger charge is -2.63. The molecule has 2 saturated heterocycles. The fourth-order valence-corrected chi connectivity index (χ4v) is 13.5. The van der Waals surface area contributed by atoms with Gasteiger partial charge in [0.1, 0.15) is 12.2 Å². The zero-order chi connectivity index (χ0) is 33.9. The van der Waals surface area contributed by atoms with Gasteiger partial charge in [0.25, 0.3) is 0 Å². The zero-order valence-corrected chi connectivity index (χ0v) is 30.5. The number of ether oxygens (including phenoxy) is 4. The van der Waals surface area contributed by atoms with E-state index in [1.807, 2.05) is 4.90 Å². The minimum absolute atomic E-state index is 0.0257. The lowest BCUT2D eigenvalue weighted by Crippen LogP contribution is -2.60. The van der Waals surface area contributed by atoms with Gasteiger partial charge >= 0.3 is 12.2 Å². The van der Waals surface area contributed by atoms with E-state index in [9.17, 15) is 14.7 Å². The Balaban J connectivity index is 1.13. The molecule has 2 amide bonds. The smallest absolute Gasteiger partial charge is 0.410 e. The van der Waals surface area contributed by atoms with Crippen LogP contribution in [0.25, 0.3) is 0 Å². The van der Waals surface area contributed by atoms with Gasteiger partial charge in [-0.05, 0) is 97.2 Å². The molecule has 2 spiro atoms. The summed E-state index contributed by atoms with van der Waals surface area (Å²) in [6, 6.07) is 0. The van der Waals surface area contributed by atoms with Gasteiger partial charge in [-0.3, -0.25) is 0 Å². The largest absolute Gasteiger partial charge is 0.446 e. The maximum absolute atomic E-state index is 13.2. The van der Waals surface area contributed by atoms with Crippen molar-refractivity contribution in [2.75, 3.05) is 40.4 Å². The van der Waals surface area contributed by atoms with Crippen LogP contribution in [0.1, 0.15) is 99.8 Å². The van der Waals surface area contributed by atoms with E-state index < -0.39 is 6.10 Å².